The van der Waals surface area contributed by atoms with Crippen molar-refractivity contribution in [1.82, 2.24) is 20.2 Å². The molecule has 2 aromatic carbocycles. The molecule has 0 bridgehead atoms. The zero-order chi connectivity index (χ0) is 19.7. The lowest BCUT2D eigenvalue weighted by molar-refractivity contribution is -0.384. The van der Waals surface area contributed by atoms with E-state index in [2.05, 4.69) is 15.5 Å². The van der Waals surface area contributed by atoms with E-state index >= 15 is 0 Å². The van der Waals surface area contributed by atoms with E-state index in [1.54, 1.807) is 0 Å². The van der Waals surface area contributed by atoms with Crippen molar-refractivity contribution >= 4 is 35.0 Å². The van der Waals surface area contributed by atoms with Crippen LogP contribution in [0.15, 0.2) is 59.8 Å². The highest BCUT2D eigenvalue weighted by molar-refractivity contribution is 8.00. The largest absolute Gasteiger partial charge is 0.274 e. The smallest absolute Gasteiger partial charge is 0.269 e. The minimum Gasteiger partial charge on any atom is -0.274 e. The molecule has 2 heterocycles. The number of nitrogens with zero attached hydrogens (tertiary/aromatic N) is 6. The van der Waals surface area contributed by atoms with Crippen LogP contribution in [-0.2, 0) is 9.59 Å². The molecule has 4 rings (SSSR count). The van der Waals surface area contributed by atoms with Gasteiger partial charge < -0.3 is 0 Å². The normalized spacial score (nSPS) is 16.6. The lowest BCUT2D eigenvalue weighted by Gasteiger charge is -2.14. The van der Waals surface area contributed by atoms with Crippen LogP contribution in [0, 0.1) is 10.1 Å². The summed E-state index contributed by atoms with van der Waals surface area (Å²) in [4.78, 5) is 36.5. The second-order valence-corrected chi connectivity index (χ2v) is 7.03. The highest BCUT2D eigenvalue weighted by atomic mass is 32.2. The van der Waals surface area contributed by atoms with Gasteiger partial charge in [-0.25, -0.2) is 4.90 Å². The Hall–Kier alpha value is -3.60. The summed E-state index contributed by atoms with van der Waals surface area (Å²) < 4.78 is 1.50. The summed E-state index contributed by atoms with van der Waals surface area (Å²) in [5.74, 6) is -0.790. The summed E-state index contributed by atoms with van der Waals surface area (Å²) in [6.07, 6.45) is -0.0118. The number of hydrogen-bond acceptors (Lipinski definition) is 8. The lowest BCUT2D eigenvalue weighted by Crippen LogP contribution is -2.31. The third-order valence-electron chi connectivity index (χ3n) is 4.11. The first-order chi connectivity index (χ1) is 13.5. The van der Waals surface area contributed by atoms with Crippen molar-refractivity contribution in [2.75, 3.05) is 4.90 Å². The van der Waals surface area contributed by atoms with Crippen molar-refractivity contribution in [2.45, 2.75) is 16.8 Å². The second kappa shape index (κ2) is 7.19. The Bertz CT molecular complexity index is 1050. The molecule has 10 nitrogen and oxygen atoms in total. The number of para-hydroxylation sites is 1. The fourth-order valence-electron chi connectivity index (χ4n) is 2.80. The molecular formula is C17H12N6O4S. The number of non-ortho nitro benzene ring substituents is 1. The number of anilines is 1. The summed E-state index contributed by atoms with van der Waals surface area (Å²) in [5.41, 5.74) is 0.918. The molecule has 0 N–H and O–H groups in total. The van der Waals surface area contributed by atoms with Crippen molar-refractivity contribution in [2.24, 2.45) is 0 Å². The van der Waals surface area contributed by atoms with E-state index < -0.39 is 16.1 Å². The number of amides is 2. The van der Waals surface area contributed by atoms with Crippen LogP contribution in [0.2, 0.25) is 0 Å². The van der Waals surface area contributed by atoms with Crippen LogP contribution in [-0.4, -0.2) is 42.2 Å². The number of imide groups is 1. The first-order valence-corrected chi connectivity index (χ1v) is 9.04. The van der Waals surface area contributed by atoms with Crippen LogP contribution in [0.25, 0.3) is 5.69 Å². The number of rotatable bonds is 5. The molecule has 140 valence electrons. The molecule has 1 fully saturated rings. The standard InChI is InChI=1S/C17H12N6O4S/c24-15-10-14(16(25)21(15)11-6-8-13(9-7-11)23(26)27)28-17-18-19-20-22(17)12-4-2-1-3-5-12/h1-9,14H,10H2/t14-/m1/s1. The number of aromatic nitrogens is 4. The third-order valence-corrected chi connectivity index (χ3v) is 5.23. The van der Waals surface area contributed by atoms with E-state index in [0.717, 1.165) is 22.3 Å². The Labute approximate surface area is 162 Å². The van der Waals surface area contributed by atoms with Gasteiger partial charge in [0.25, 0.3) is 5.69 Å². The van der Waals surface area contributed by atoms with Gasteiger partial charge in [-0.3, -0.25) is 19.7 Å². The first kappa shape index (κ1) is 17.8. The second-order valence-electron chi connectivity index (χ2n) is 5.86. The van der Waals surface area contributed by atoms with Gasteiger partial charge in [-0.2, -0.15) is 4.68 Å². The van der Waals surface area contributed by atoms with Crippen molar-refractivity contribution in [3.63, 3.8) is 0 Å². The van der Waals surface area contributed by atoms with Gasteiger partial charge in [-0.15, -0.1) is 5.10 Å². The van der Waals surface area contributed by atoms with E-state index in [-0.39, 0.29) is 18.0 Å². The SMILES string of the molecule is O=C1C[C@@H](Sc2nnnn2-c2ccccc2)C(=O)N1c1ccc([N+](=O)[O-])cc1. The molecule has 0 spiro atoms. The lowest BCUT2D eigenvalue weighted by atomic mass is 10.2. The molecule has 1 atom stereocenters. The van der Waals surface area contributed by atoms with Crippen LogP contribution in [0.4, 0.5) is 11.4 Å². The van der Waals surface area contributed by atoms with Gasteiger partial charge in [0.2, 0.25) is 17.0 Å². The summed E-state index contributed by atoms with van der Waals surface area (Å²) >= 11 is 1.10. The molecule has 1 aliphatic heterocycles. The van der Waals surface area contributed by atoms with Gasteiger partial charge in [0.05, 0.1) is 16.3 Å². The molecule has 0 aliphatic carbocycles. The highest BCUT2D eigenvalue weighted by Crippen LogP contribution is 2.34. The third kappa shape index (κ3) is 3.22. The molecule has 11 heteroatoms. The number of nitro groups is 1. The Kier molecular flexibility index (Phi) is 4.57. The molecular weight excluding hydrogens is 384 g/mol. The first-order valence-electron chi connectivity index (χ1n) is 8.16. The molecule has 1 aromatic heterocycles. The Morgan fingerprint density at radius 1 is 1.04 bits per heavy atom. The maximum Gasteiger partial charge on any atom is 0.269 e. The van der Waals surface area contributed by atoms with Crippen LogP contribution < -0.4 is 4.90 Å². The number of hydrogen-bond donors (Lipinski definition) is 0. The minimum atomic E-state index is -0.684. The summed E-state index contributed by atoms with van der Waals surface area (Å²) in [7, 11) is 0. The Balaban J connectivity index is 1.55. The van der Waals surface area contributed by atoms with Gasteiger partial charge in [0.15, 0.2) is 0 Å². The van der Waals surface area contributed by atoms with E-state index in [0.29, 0.717) is 10.8 Å². The number of thioether (sulfide) groups is 1. The van der Waals surface area contributed by atoms with E-state index in [1.165, 1.54) is 28.9 Å². The van der Waals surface area contributed by atoms with E-state index in [9.17, 15) is 19.7 Å². The molecule has 1 saturated heterocycles. The van der Waals surface area contributed by atoms with Crippen molar-refractivity contribution < 1.29 is 14.5 Å². The van der Waals surface area contributed by atoms with Crippen LogP contribution >= 0.6 is 11.8 Å². The number of nitro benzene ring substituents is 1. The fraction of sp³-hybridized carbons (Fsp3) is 0.118. The molecule has 2 amide bonds. The molecule has 1 aliphatic rings. The van der Waals surface area contributed by atoms with Gasteiger partial charge in [0.1, 0.15) is 5.25 Å². The average Bonchev–Trinajstić information content (AvgIpc) is 3.27. The number of carbonyl (C=O) groups excluding carboxylic acids is 2. The highest BCUT2D eigenvalue weighted by Gasteiger charge is 2.41. The van der Waals surface area contributed by atoms with E-state index in [1.807, 2.05) is 30.3 Å². The molecule has 3 aromatic rings. The van der Waals surface area contributed by atoms with Gasteiger partial charge in [-0.05, 0) is 34.7 Å². The van der Waals surface area contributed by atoms with Gasteiger partial charge in [-0.1, -0.05) is 30.0 Å². The number of carbonyl (C=O) groups is 2. The molecule has 0 unspecified atom stereocenters. The monoisotopic (exact) mass is 396 g/mol. The minimum absolute atomic E-state index is 0.0118. The maximum atomic E-state index is 12.8. The van der Waals surface area contributed by atoms with Crippen molar-refractivity contribution in [3.05, 3.63) is 64.7 Å². The van der Waals surface area contributed by atoms with Crippen molar-refractivity contribution in [3.8, 4) is 5.69 Å². The zero-order valence-electron chi connectivity index (χ0n) is 14.2. The fourth-order valence-corrected chi connectivity index (χ4v) is 3.81. The van der Waals surface area contributed by atoms with Crippen molar-refractivity contribution in [1.29, 1.82) is 0 Å². The number of tetrazole rings is 1. The predicted molar refractivity (Wildman–Crippen MR) is 99.0 cm³/mol. The van der Waals surface area contributed by atoms with Gasteiger partial charge >= 0.3 is 0 Å². The van der Waals surface area contributed by atoms with Crippen LogP contribution in [0.3, 0.4) is 0 Å². The summed E-state index contributed by atoms with van der Waals surface area (Å²) in [6, 6.07) is 14.5. The quantitative estimate of drug-likeness (QED) is 0.364. The predicted octanol–water partition coefficient (Wildman–Crippen LogP) is 1.99. The average molecular weight is 396 g/mol. The topological polar surface area (TPSA) is 124 Å². The molecule has 0 saturated carbocycles. The number of benzene rings is 2. The summed E-state index contributed by atoms with van der Waals surface area (Å²) in [5, 5.41) is 22.0. The van der Waals surface area contributed by atoms with Crippen LogP contribution in [0.1, 0.15) is 6.42 Å². The Morgan fingerprint density at radius 2 is 1.75 bits per heavy atom. The Morgan fingerprint density at radius 3 is 2.43 bits per heavy atom. The zero-order valence-corrected chi connectivity index (χ0v) is 15.0. The van der Waals surface area contributed by atoms with Gasteiger partial charge in [0, 0.05) is 18.6 Å². The molecule has 0 radical (unpaired) electrons. The maximum absolute atomic E-state index is 12.8. The van der Waals surface area contributed by atoms with E-state index in [4.69, 9.17) is 0 Å². The van der Waals surface area contributed by atoms with Crippen LogP contribution in [0.5, 0.6) is 0 Å². The molecule has 28 heavy (non-hydrogen) atoms. The summed E-state index contributed by atoms with van der Waals surface area (Å²) in [6.45, 7) is 0.